The van der Waals surface area contributed by atoms with E-state index in [0.717, 1.165) is 6.54 Å². The molecule has 0 bridgehead atoms. The molecule has 1 aliphatic heterocycles. The van der Waals surface area contributed by atoms with E-state index < -0.39 is 0 Å². The lowest BCUT2D eigenvalue weighted by Gasteiger charge is -2.41. The molecule has 0 aromatic carbocycles. The summed E-state index contributed by atoms with van der Waals surface area (Å²) < 4.78 is 0. The van der Waals surface area contributed by atoms with Crippen LogP contribution in [-0.2, 0) is 0 Å². The van der Waals surface area contributed by atoms with Gasteiger partial charge in [-0.3, -0.25) is 4.90 Å². The van der Waals surface area contributed by atoms with Gasteiger partial charge in [0.15, 0.2) is 0 Å². The highest BCUT2D eigenvalue weighted by atomic mass is 15.2. The van der Waals surface area contributed by atoms with Crippen LogP contribution >= 0.6 is 0 Å². The molecule has 72 valence electrons. The maximum absolute atomic E-state index is 3.56. The predicted octanol–water partition coefficient (Wildman–Crippen LogP) is 1.47. The van der Waals surface area contributed by atoms with Crippen LogP contribution in [0.15, 0.2) is 0 Å². The molecule has 2 heteroatoms. The quantitative estimate of drug-likeness (QED) is 0.675. The highest BCUT2D eigenvalue weighted by Gasteiger charge is 2.25. The lowest BCUT2D eigenvalue weighted by molar-refractivity contribution is 0.106. The average molecular weight is 170 g/mol. The van der Waals surface area contributed by atoms with Gasteiger partial charge >= 0.3 is 0 Å². The van der Waals surface area contributed by atoms with E-state index in [2.05, 4.69) is 37.9 Å². The summed E-state index contributed by atoms with van der Waals surface area (Å²) in [6.07, 6.45) is 1.25. The zero-order valence-corrected chi connectivity index (χ0v) is 8.80. The monoisotopic (exact) mass is 170 g/mol. The standard InChI is InChI=1S/C10H22N2/c1-5-10-7-12(8(2)3)9(4)6-11-10/h8-11H,5-7H2,1-4H3/t9-,10+/m1/s1. The smallest absolute Gasteiger partial charge is 0.0195 e. The number of nitrogens with zero attached hydrogens (tertiary/aromatic N) is 1. The van der Waals surface area contributed by atoms with Crippen molar-refractivity contribution in [2.75, 3.05) is 13.1 Å². The first-order chi connectivity index (χ1) is 5.65. The molecule has 0 spiro atoms. The molecule has 0 radical (unpaired) electrons. The largest absolute Gasteiger partial charge is 0.311 e. The number of piperazine rings is 1. The van der Waals surface area contributed by atoms with E-state index in [4.69, 9.17) is 0 Å². The summed E-state index contributed by atoms with van der Waals surface area (Å²) >= 11 is 0. The van der Waals surface area contributed by atoms with Gasteiger partial charge < -0.3 is 5.32 Å². The van der Waals surface area contributed by atoms with Crippen molar-refractivity contribution in [2.45, 2.75) is 52.2 Å². The first-order valence-electron chi connectivity index (χ1n) is 5.14. The van der Waals surface area contributed by atoms with Gasteiger partial charge in [-0.1, -0.05) is 6.92 Å². The molecule has 2 nitrogen and oxygen atoms in total. The van der Waals surface area contributed by atoms with Crippen molar-refractivity contribution >= 4 is 0 Å². The Morgan fingerprint density at radius 2 is 2.17 bits per heavy atom. The lowest BCUT2D eigenvalue weighted by atomic mass is 10.1. The fraction of sp³-hybridized carbons (Fsp3) is 1.00. The molecular weight excluding hydrogens is 148 g/mol. The van der Waals surface area contributed by atoms with E-state index in [0.29, 0.717) is 18.1 Å². The van der Waals surface area contributed by atoms with Crippen LogP contribution in [0.2, 0.25) is 0 Å². The van der Waals surface area contributed by atoms with Crippen LogP contribution in [0, 0.1) is 0 Å². The molecule has 0 aromatic heterocycles. The van der Waals surface area contributed by atoms with Gasteiger partial charge in [0, 0.05) is 31.2 Å². The fourth-order valence-corrected chi connectivity index (χ4v) is 1.95. The van der Waals surface area contributed by atoms with Gasteiger partial charge in [-0.25, -0.2) is 0 Å². The lowest BCUT2D eigenvalue weighted by Crippen LogP contribution is -2.57. The second kappa shape index (κ2) is 4.24. The minimum absolute atomic E-state index is 0.691. The van der Waals surface area contributed by atoms with Gasteiger partial charge in [-0.2, -0.15) is 0 Å². The van der Waals surface area contributed by atoms with Crippen molar-refractivity contribution in [3.63, 3.8) is 0 Å². The maximum Gasteiger partial charge on any atom is 0.0195 e. The average Bonchev–Trinajstić information content (AvgIpc) is 2.05. The maximum atomic E-state index is 3.56. The molecular formula is C10H22N2. The normalized spacial score (nSPS) is 32.8. The zero-order valence-electron chi connectivity index (χ0n) is 8.80. The Hall–Kier alpha value is -0.0800. The molecule has 12 heavy (non-hydrogen) atoms. The van der Waals surface area contributed by atoms with Gasteiger partial charge in [0.2, 0.25) is 0 Å². The van der Waals surface area contributed by atoms with E-state index in [1.54, 1.807) is 0 Å². The van der Waals surface area contributed by atoms with E-state index in [-0.39, 0.29) is 0 Å². The van der Waals surface area contributed by atoms with Crippen LogP contribution < -0.4 is 5.32 Å². The van der Waals surface area contributed by atoms with Crippen molar-refractivity contribution in [3.8, 4) is 0 Å². The van der Waals surface area contributed by atoms with Gasteiger partial charge in [0.05, 0.1) is 0 Å². The zero-order chi connectivity index (χ0) is 9.14. The van der Waals surface area contributed by atoms with Crippen molar-refractivity contribution in [2.24, 2.45) is 0 Å². The summed E-state index contributed by atoms with van der Waals surface area (Å²) in [6.45, 7) is 11.5. The van der Waals surface area contributed by atoms with Gasteiger partial charge in [-0.05, 0) is 27.2 Å². The molecule has 1 heterocycles. The number of nitrogens with one attached hydrogen (secondary N) is 1. The molecule has 0 aromatic rings. The molecule has 1 saturated heterocycles. The Labute approximate surface area is 76.3 Å². The van der Waals surface area contributed by atoms with Gasteiger partial charge in [0.25, 0.3) is 0 Å². The third-order valence-corrected chi connectivity index (χ3v) is 2.86. The van der Waals surface area contributed by atoms with Crippen LogP contribution in [0.4, 0.5) is 0 Å². The molecule has 1 fully saturated rings. The summed E-state index contributed by atoms with van der Waals surface area (Å²) in [5.41, 5.74) is 0. The van der Waals surface area contributed by atoms with Crippen LogP contribution in [0.3, 0.4) is 0 Å². The minimum Gasteiger partial charge on any atom is -0.311 e. The number of hydrogen-bond donors (Lipinski definition) is 1. The van der Waals surface area contributed by atoms with Gasteiger partial charge in [-0.15, -0.1) is 0 Å². The SMILES string of the molecule is CC[C@H]1CN(C(C)C)[C@H](C)CN1. The molecule has 0 aliphatic carbocycles. The number of hydrogen-bond acceptors (Lipinski definition) is 2. The summed E-state index contributed by atoms with van der Waals surface area (Å²) in [5.74, 6) is 0. The molecule has 1 aliphatic rings. The van der Waals surface area contributed by atoms with Gasteiger partial charge in [0.1, 0.15) is 0 Å². The molecule has 1 rings (SSSR count). The summed E-state index contributed by atoms with van der Waals surface area (Å²) in [7, 11) is 0. The first-order valence-corrected chi connectivity index (χ1v) is 5.14. The Kier molecular flexibility index (Phi) is 3.53. The summed E-state index contributed by atoms with van der Waals surface area (Å²) in [6, 6.07) is 2.10. The molecule has 0 saturated carbocycles. The van der Waals surface area contributed by atoms with Crippen LogP contribution in [-0.4, -0.2) is 36.1 Å². The predicted molar refractivity (Wildman–Crippen MR) is 53.4 cm³/mol. The van der Waals surface area contributed by atoms with Crippen molar-refractivity contribution in [1.29, 1.82) is 0 Å². The fourth-order valence-electron chi connectivity index (χ4n) is 1.95. The molecule has 0 unspecified atom stereocenters. The van der Waals surface area contributed by atoms with Crippen LogP contribution in [0.1, 0.15) is 34.1 Å². The van der Waals surface area contributed by atoms with Crippen LogP contribution in [0.25, 0.3) is 0 Å². The number of rotatable bonds is 2. The second-order valence-electron chi connectivity index (χ2n) is 4.15. The third kappa shape index (κ3) is 2.20. The van der Waals surface area contributed by atoms with Crippen LogP contribution in [0.5, 0.6) is 0 Å². The Bertz CT molecular complexity index is 134. The molecule has 1 N–H and O–H groups in total. The van der Waals surface area contributed by atoms with Crippen molar-refractivity contribution < 1.29 is 0 Å². The minimum atomic E-state index is 0.691. The van der Waals surface area contributed by atoms with Crippen molar-refractivity contribution in [3.05, 3.63) is 0 Å². The second-order valence-corrected chi connectivity index (χ2v) is 4.15. The molecule has 2 atom stereocenters. The summed E-state index contributed by atoms with van der Waals surface area (Å²) in [4.78, 5) is 2.59. The Morgan fingerprint density at radius 1 is 1.50 bits per heavy atom. The first kappa shape index (κ1) is 10.0. The van der Waals surface area contributed by atoms with E-state index in [9.17, 15) is 0 Å². The molecule has 0 amide bonds. The van der Waals surface area contributed by atoms with Crippen molar-refractivity contribution in [1.82, 2.24) is 10.2 Å². The van der Waals surface area contributed by atoms with E-state index in [1.165, 1.54) is 13.0 Å². The summed E-state index contributed by atoms with van der Waals surface area (Å²) in [5, 5.41) is 3.56. The van der Waals surface area contributed by atoms with E-state index in [1.807, 2.05) is 0 Å². The highest BCUT2D eigenvalue weighted by Crippen LogP contribution is 2.11. The van der Waals surface area contributed by atoms with E-state index >= 15 is 0 Å². The topological polar surface area (TPSA) is 15.3 Å². The Balaban J connectivity index is 2.47. The Morgan fingerprint density at radius 3 is 2.67 bits per heavy atom. The highest BCUT2D eigenvalue weighted by molar-refractivity contribution is 4.84. The third-order valence-electron chi connectivity index (χ3n) is 2.86.